The van der Waals surface area contributed by atoms with Gasteiger partial charge in [-0.1, -0.05) is 29.8 Å². The van der Waals surface area contributed by atoms with Gasteiger partial charge in [-0.05, 0) is 42.0 Å². The summed E-state index contributed by atoms with van der Waals surface area (Å²) in [7, 11) is 1.51. The van der Waals surface area contributed by atoms with E-state index in [9.17, 15) is 14.0 Å². The van der Waals surface area contributed by atoms with Crippen molar-refractivity contribution in [3.05, 3.63) is 76.7 Å². The first-order valence-corrected chi connectivity index (χ1v) is 9.06. The number of halogens is 2. The Kier molecular flexibility index (Phi) is 4.86. The molecule has 1 amide bonds. The fourth-order valence-electron chi connectivity index (χ4n) is 3.14. The van der Waals surface area contributed by atoms with Gasteiger partial charge in [0.15, 0.2) is 0 Å². The number of carbonyl (C=O) groups is 2. The molecule has 2 heterocycles. The van der Waals surface area contributed by atoms with Gasteiger partial charge in [-0.15, -0.1) is 0 Å². The third kappa shape index (κ3) is 3.39. The van der Waals surface area contributed by atoms with E-state index in [2.05, 4.69) is 10.3 Å². The van der Waals surface area contributed by atoms with Gasteiger partial charge in [0.2, 0.25) is 5.71 Å². The maximum Gasteiger partial charge on any atom is 0.255 e. The molecule has 1 N–H and O–H groups in total. The zero-order valence-corrected chi connectivity index (χ0v) is 16.0. The molecule has 0 spiro atoms. The maximum atomic E-state index is 13.3. The number of benzene rings is 2. The lowest BCUT2D eigenvalue weighted by molar-refractivity contribution is 0.0964. The van der Waals surface area contributed by atoms with Gasteiger partial charge in [-0.2, -0.15) is 0 Å². The van der Waals surface area contributed by atoms with E-state index < -0.39 is 5.82 Å². The van der Waals surface area contributed by atoms with Crippen molar-refractivity contribution in [2.45, 2.75) is 0 Å². The largest absolute Gasteiger partial charge is 0.437 e. The number of pyridine rings is 1. The number of furan rings is 1. The molecule has 2 aromatic carbocycles. The van der Waals surface area contributed by atoms with E-state index in [-0.39, 0.29) is 28.1 Å². The minimum absolute atomic E-state index is 0.170. The van der Waals surface area contributed by atoms with Crippen LogP contribution >= 0.6 is 11.6 Å². The van der Waals surface area contributed by atoms with Gasteiger partial charge < -0.3 is 9.73 Å². The number of fused-ring (bicyclic) bond motifs is 1. The minimum atomic E-state index is -0.398. The zero-order valence-electron chi connectivity index (χ0n) is 15.2. The molecule has 2 aromatic heterocycles. The number of aldehydes is 1. The van der Waals surface area contributed by atoms with E-state index in [0.717, 1.165) is 6.29 Å². The Hall–Kier alpha value is -3.51. The van der Waals surface area contributed by atoms with Gasteiger partial charge in [0.25, 0.3) is 5.91 Å². The lowest BCUT2D eigenvalue weighted by atomic mass is 10.0. The molecule has 0 bridgehead atoms. The van der Waals surface area contributed by atoms with E-state index in [1.54, 1.807) is 30.3 Å². The normalized spacial score (nSPS) is 10.9. The molecule has 4 aromatic rings. The number of hydrogen-bond acceptors (Lipinski definition) is 4. The van der Waals surface area contributed by atoms with Gasteiger partial charge in [-0.3, -0.25) is 9.59 Å². The van der Waals surface area contributed by atoms with Crippen molar-refractivity contribution in [3.63, 3.8) is 0 Å². The second-order valence-corrected chi connectivity index (χ2v) is 6.67. The van der Waals surface area contributed by atoms with Crippen LogP contribution in [0, 0.1) is 5.82 Å². The van der Waals surface area contributed by atoms with Crippen LogP contribution in [-0.4, -0.2) is 24.2 Å². The summed E-state index contributed by atoms with van der Waals surface area (Å²) in [5.74, 6) is -0.508. The highest BCUT2D eigenvalue weighted by molar-refractivity contribution is 6.32. The third-order valence-corrected chi connectivity index (χ3v) is 4.82. The molecule has 0 atom stereocenters. The summed E-state index contributed by atoms with van der Waals surface area (Å²) < 4.78 is 19.2. The van der Waals surface area contributed by atoms with Crippen LogP contribution in [0.5, 0.6) is 0 Å². The molecular formula is C22H14ClFN2O3. The highest BCUT2D eigenvalue weighted by atomic mass is 35.5. The molecule has 5 nitrogen and oxygen atoms in total. The molecule has 0 radical (unpaired) electrons. The number of rotatable bonds is 4. The van der Waals surface area contributed by atoms with E-state index in [0.29, 0.717) is 27.6 Å². The predicted octanol–water partition coefficient (Wildman–Crippen LogP) is 5.13. The maximum absolute atomic E-state index is 13.3. The Morgan fingerprint density at radius 3 is 2.59 bits per heavy atom. The minimum Gasteiger partial charge on any atom is -0.437 e. The Balaban J connectivity index is 1.99. The molecule has 0 fully saturated rings. The Bertz CT molecular complexity index is 1250. The Morgan fingerprint density at radius 2 is 1.90 bits per heavy atom. The Morgan fingerprint density at radius 1 is 1.14 bits per heavy atom. The summed E-state index contributed by atoms with van der Waals surface area (Å²) in [5.41, 5.74) is 2.71. The zero-order chi connectivity index (χ0) is 20.5. The van der Waals surface area contributed by atoms with Crippen LogP contribution in [0.15, 0.2) is 59.0 Å². The molecule has 0 aliphatic rings. The van der Waals surface area contributed by atoms with Crippen molar-refractivity contribution < 1.29 is 18.4 Å². The number of carbonyl (C=O) groups excluding carboxylic acids is 2. The number of nitrogens with one attached hydrogen (secondary N) is 1. The van der Waals surface area contributed by atoms with Gasteiger partial charge in [-0.25, -0.2) is 9.37 Å². The SMILES string of the molecule is CNC(=O)c1c(-c2ccc(F)cc2)oc2nc(Cl)c(-c3cccc(C=O)c3)cc12. The summed E-state index contributed by atoms with van der Waals surface area (Å²) in [5, 5.41) is 3.22. The van der Waals surface area contributed by atoms with E-state index >= 15 is 0 Å². The van der Waals surface area contributed by atoms with Crippen molar-refractivity contribution in [1.29, 1.82) is 0 Å². The van der Waals surface area contributed by atoms with Crippen LogP contribution in [0.4, 0.5) is 4.39 Å². The van der Waals surface area contributed by atoms with Crippen molar-refractivity contribution in [1.82, 2.24) is 10.3 Å². The first-order valence-electron chi connectivity index (χ1n) is 8.68. The van der Waals surface area contributed by atoms with Crippen LogP contribution in [0.25, 0.3) is 33.6 Å². The molecule has 0 saturated carbocycles. The van der Waals surface area contributed by atoms with Gasteiger partial charge in [0, 0.05) is 23.7 Å². The molecule has 4 rings (SSSR count). The van der Waals surface area contributed by atoms with Crippen LogP contribution < -0.4 is 5.32 Å². The van der Waals surface area contributed by atoms with Crippen LogP contribution in [0.1, 0.15) is 20.7 Å². The molecule has 0 saturated heterocycles. The van der Waals surface area contributed by atoms with Crippen LogP contribution in [-0.2, 0) is 0 Å². The predicted molar refractivity (Wildman–Crippen MR) is 109 cm³/mol. The average molecular weight is 409 g/mol. The third-order valence-electron chi connectivity index (χ3n) is 4.53. The fraction of sp³-hybridized carbons (Fsp3) is 0.0455. The molecule has 29 heavy (non-hydrogen) atoms. The summed E-state index contributed by atoms with van der Waals surface area (Å²) in [6.45, 7) is 0. The van der Waals surface area contributed by atoms with Crippen LogP contribution in [0.3, 0.4) is 0 Å². The van der Waals surface area contributed by atoms with E-state index in [4.69, 9.17) is 16.0 Å². The number of amides is 1. The van der Waals surface area contributed by atoms with Crippen molar-refractivity contribution >= 4 is 34.9 Å². The summed E-state index contributed by atoms with van der Waals surface area (Å²) in [6.07, 6.45) is 0.740. The highest BCUT2D eigenvalue weighted by Gasteiger charge is 2.24. The van der Waals surface area contributed by atoms with Crippen LogP contribution in [0.2, 0.25) is 5.15 Å². The molecule has 144 valence electrons. The standard InChI is InChI=1S/C22H14ClFN2O3/c1-25-21(28)18-17-10-16(14-4-2-3-12(9-14)11-27)20(23)26-22(17)29-19(18)13-5-7-15(24)8-6-13/h2-11H,1H3,(H,25,28). The second-order valence-electron chi connectivity index (χ2n) is 6.31. The first-order chi connectivity index (χ1) is 14.0. The lowest BCUT2D eigenvalue weighted by Crippen LogP contribution is -2.18. The smallest absolute Gasteiger partial charge is 0.255 e. The molecule has 7 heteroatoms. The summed E-state index contributed by atoms with van der Waals surface area (Å²) in [4.78, 5) is 28.0. The quantitative estimate of drug-likeness (QED) is 0.375. The topological polar surface area (TPSA) is 72.2 Å². The van der Waals surface area contributed by atoms with Crippen molar-refractivity contribution in [2.24, 2.45) is 0 Å². The molecular weight excluding hydrogens is 395 g/mol. The number of nitrogens with zero attached hydrogens (tertiary/aromatic N) is 1. The Labute approximate surface area is 170 Å². The summed E-state index contributed by atoms with van der Waals surface area (Å²) in [6, 6.07) is 14.2. The van der Waals surface area contributed by atoms with Gasteiger partial charge >= 0.3 is 0 Å². The van der Waals surface area contributed by atoms with Gasteiger partial charge in [0.05, 0.1) is 10.9 Å². The second kappa shape index (κ2) is 7.48. The number of aromatic nitrogens is 1. The number of hydrogen-bond donors (Lipinski definition) is 1. The van der Waals surface area contributed by atoms with Crippen molar-refractivity contribution in [3.8, 4) is 22.5 Å². The van der Waals surface area contributed by atoms with E-state index in [1.807, 2.05) is 0 Å². The van der Waals surface area contributed by atoms with E-state index in [1.165, 1.54) is 31.3 Å². The highest BCUT2D eigenvalue weighted by Crippen LogP contribution is 2.37. The average Bonchev–Trinajstić information content (AvgIpc) is 3.11. The van der Waals surface area contributed by atoms with Gasteiger partial charge in [0.1, 0.15) is 23.0 Å². The molecule has 0 aliphatic heterocycles. The summed E-state index contributed by atoms with van der Waals surface area (Å²) >= 11 is 6.37. The molecule has 0 aliphatic carbocycles. The first kappa shape index (κ1) is 18.8. The lowest BCUT2D eigenvalue weighted by Gasteiger charge is -2.06. The fourth-order valence-corrected chi connectivity index (χ4v) is 3.38. The van der Waals surface area contributed by atoms with Crippen molar-refractivity contribution in [2.75, 3.05) is 7.05 Å². The monoisotopic (exact) mass is 408 g/mol. The molecule has 0 unspecified atom stereocenters.